The van der Waals surface area contributed by atoms with E-state index in [1.54, 1.807) is 23.1 Å². The first-order valence-corrected chi connectivity index (χ1v) is 9.49. The van der Waals surface area contributed by atoms with Crippen molar-refractivity contribution in [2.75, 3.05) is 11.9 Å². The molecule has 1 aromatic heterocycles. The summed E-state index contributed by atoms with van der Waals surface area (Å²) in [4.78, 5) is 24.3. The highest BCUT2D eigenvalue weighted by Gasteiger charge is 2.40. The van der Waals surface area contributed by atoms with Crippen LogP contribution >= 0.6 is 0 Å². The minimum atomic E-state index is -0.337. The number of alkyl carbamates (subject to hydrolysis) is 1. The van der Waals surface area contributed by atoms with Crippen LogP contribution < -0.4 is 10.6 Å². The summed E-state index contributed by atoms with van der Waals surface area (Å²) < 4.78 is 6.98. The maximum Gasteiger partial charge on any atom is 0.407 e. The Morgan fingerprint density at radius 1 is 1.33 bits per heavy atom. The third-order valence-corrected chi connectivity index (χ3v) is 5.03. The molecule has 2 aliphatic rings. The summed E-state index contributed by atoms with van der Waals surface area (Å²) in [5.41, 5.74) is 2.33. The standard InChI is InChI=1S/C20H24N4O3/c1-2-24-11-16(10-21-24)22-19(25)15-5-3-4-14(8-15)17-9-18(17)23-20(26)27-12-13-6-7-13/h3-5,8,10-11,13,17-18H,2,6-7,9,12H2,1H3,(H,22,25)(H,23,26)/t17-,18+/m0/s1. The fourth-order valence-electron chi connectivity index (χ4n) is 3.11. The highest BCUT2D eigenvalue weighted by molar-refractivity contribution is 6.04. The quantitative estimate of drug-likeness (QED) is 0.786. The number of rotatable bonds is 7. The van der Waals surface area contributed by atoms with Crippen LogP contribution in [0.5, 0.6) is 0 Å². The monoisotopic (exact) mass is 368 g/mol. The Balaban J connectivity index is 1.32. The first kappa shape index (κ1) is 17.6. The zero-order valence-electron chi connectivity index (χ0n) is 15.4. The van der Waals surface area contributed by atoms with Gasteiger partial charge in [0.05, 0.1) is 18.5 Å². The molecule has 2 fully saturated rings. The molecule has 0 saturated heterocycles. The van der Waals surface area contributed by atoms with Gasteiger partial charge in [0.25, 0.3) is 5.91 Å². The number of hydrogen-bond acceptors (Lipinski definition) is 4. The maximum atomic E-state index is 12.5. The zero-order chi connectivity index (χ0) is 18.8. The van der Waals surface area contributed by atoms with E-state index in [1.807, 2.05) is 25.1 Å². The lowest BCUT2D eigenvalue weighted by Crippen LogP contribution is -2.28. The van der Waals surface area contributed by atoms with E-state index in [0.29, 0.717) is 23.8 Å². The molecular formula is C20H24N4O3. The summed E-state index contributed by atoms with van der Waals surface area (Å²) >= 11 is 0. The number of aromatic nitrogens is 2. The fraction of sp³-hybridized carbons (Fsp3) is 0.450. The molecule has 2 aliphatic carbocycles. The molecule has 0 spiro atoms. The Morgan fingerprint density at radius 3 is 2.93 bits per heavy atom. The first-order valence-electron chi connectivity index (χ1n) is 9.49. The molecule has 2 aromatic rings. The summed E-state index contributed by atoms with van der Waals surface area (Å²) in [6.45, 7) is 3.27. The van der Waals surface area contributed by atoms with Gasteiger partial charge in [-0.3, -0.25) is 9.48 Å². The molecule has 142 valence electrons. The molecule has 7 nitrogen and oxygen atoms in total. The van der Waals surface area contributed by atoms with E-state index in [2.05, 4.69) is 15.7 Å². The molecule has 27 heavy (non-hydrogen) atoms. The number of nitrogens with one attached hydrogen (secondary N) is 2. The van der Waals surface area contributed by atoms with Gasteiger partial charge in [-0.25, -0.2) is 4.79 Å². The molecule has 2 saturated carbocycles. The normalized spacial score (nSPS) is 20.8. The molecule has 0 bridgehead atoms. The molecule has 1 aromatic carbocycles. The molecule has 0 unspecified atom stereocenters. The lowest BCUT2D eigenvalue weighted by atomic mass is 10.1. The number of amides is 2. The fourth-order valence-corrected chi connectivity index (χ4v) is 3.11. The minimum absolute atomic E-state index is 0.0813. The lowest BCUT2D eigenvalue weighted by molar-refractivity contribution is 0.102. The molecule has 4 rings (SSSR count). The van der Waals surface area contributed by atoms with Crippen LogP contribution in [0.2, 0.25) is 0 Å². The van der Waals surface area contributed by atoms with Crippen LogP contribution in [0.3, 0.4) is 0 Å². The van der Waals surface area contributed by atoms with E-state index in [0.717, 1.165) is 31.4 Å². The van der Waals surface area contributed by atoms with E-state index >= 15 is 0 Å². The van der Waals surface area contributed by atoms with Crippen molar-refractivity contribution in [3.8, 4) is 0 Å². The van der Waals surface area contributed by atoms with Crippen molar-refractivity contribution in [3.05, 3.63) is 47.8 Å². The van der Waals surface area contributed by atoms with Gasteiger partial charge in [-0.15, -0.1) is 0 Å². The SMILES string of the molecule is CCn1cc(NC(=O)c2cccc([C@@H]3C[C@H]3NC(=O)OCC3CC3)c2)cn1. The number of carbonyl (C=O) groups excluding carboxylic acids is 2. The van der Waals surface area contributed by atoms with E-state index in [-0.39, 0.29) is 24.0 Å². The van der Waals surface area contributed by atoms with Crippen molar-refractivity contribution in [1.29, 1.82) is 0 Å². The third kappa shape index (κ3) is 4.48. The van der Waals surface area contributed by atoms with Gasteiger partial charge in [-0.1, -0.05) is 12.1 Å². The van der Waals surface area contributed by atoms with Crippen LogP contribution in [0.15, 0.2) is 36.7 Å². The van der Waals surface area contributed by atoms with Crippen molar-refractivity contribution in [1.82, 2.24) is 15.1 Å². The van der Waals surface area contributed by atoms with Gasteiger partial charge in [0.2, 0.25) is 0 Å². The summed E-state index contributed by atoms with van der Waals surface area (Å²) in [7, 11) is 0. The Hall–Kier alpha value is -2.83. The molecule has 1 heterocycles. The predicted molar refractivity (Wildman–Crippen MR) is 101 cm³/mol. The number of anilines is 1. The number of aryl methyl sites for hydroxylation is 1. The van der Waals surface area contributed by atoms with Crippen LogP contribution in [-0.2, 0) is 11.3 Å². The van der Waals surface area contributed by atoms with Crippen LogP contribution in [0.1, 0.15) is 48.0 Å². The minimum Gasteiger partial charge on any atom is -0.449 e. The summed E-state index contributed by atoms with van der Waals surface area (Å²) in [6.07, 6.45) is 6.29. The molecule has 7 heteroatoms. The largest absolute Gasteiger partial charge is 0.449 e. The van der Waals surface area contributed by atoms with E-state index in [1.165, 1.54) is 0 Å². The van der Waals surface area contributed by atoms with Crippen LogP contribution in [0, 0.1) is 5.92 Å². The van der Waals surface area contributed by atoms with Crippen LogP contribution in [-0.4, -0.2) is 34.4 Å². The van der Waals surface area contributed by atoms with Gasteiger partial charge in [0, 0.05) is 30.3 Å². The molecule has 0 radical (unpaired) electrons. The second-order valence-electron chi connectivity index (χ2n) is 7.30. The van der Waals surface area contributed by atoms with E-state index < -0.39 is 0 Å². The van der Waals surface area contributed by atoms with Crippen LogP contribution in [0.25, 0.3) is 0 Å². The number of nitrogens with zero attached hydrogens (tertiary/aromatic N) is 2. The number of hydrogen-bond donors (Lipinski definition) is 2. The molecular weight excluding hydrogens is 344 g/mol. The number of carbonyl (C=O) groups is 2. The van der Waals surface area contributed by atoms with Crippen molar-refractivity contribution >= 4 is 17.7 Å². The second kappa shape index (κ2) is 7.42. The first-order chi connectivity index (χ1) is 13.1. The van der Waals surface area contributed by atoms with Gasteiger partial charge in [-0.2, -0.15) is 5.10 Å². The molecule has 0 aliphatic heterocycles. The van der Waals surface area contributed by atoms with Gasteiger partial charge in [-0.05, 0) is 49.8 Å². The molecule has 2 N–H and O–H groups in total. The number of benzene rings is 1. The lowest BCUT2D eigenvalue weighted by Gasteiger charge is -2.07. The highest BCUT2D eigenvalue weighted by Crippen LogP contribution is 2.41. The second-order valence-corrected chi connectivity index (χ2v) is 7.30. The summed E-state index contributed by atoms with van der Waals surface area (Å²) in [5.74, 6) is 0.626. The van der Waals surface area contributed by atoms with E-state index in [4.69, 9.17) is 4.74 Å². The topological polar surface area (TPSA) is 85.2 Å². The highest BCUT2D eigenvalue weighted by atomic mass is 16.5. The zero-order valence-corrected chi connectivity index (χ0v) is 15.4. The summed E-state index contributed by atoms with van der Waals surface area (Å²) in [5, 5.41) is 9.93. The van der Waals surface area contributed by atoms with Crippen molar-refractivity contribution in [3.63, 3.8) is 0 Å². The Labute approximate surface area is 158 Å². The van der Waals surface area contributed by atoms with Gasteiger partial charge >= 0.3 is 6.09 Å². The van der Waals surface area contributed by atoms with Crippen LogP contribution in [0.4, 0.5) is 10.5 Å². The summed E-state index contributed by atoms with van der Waals surface area (Å²) in [6, 6.07) is 7.63. The molecule has 2 amide bonds. The Bertz CT molecular complexity index is 843. The van der Waals surface area contributed by atoms with Crippen molar-refractivity contribution in [2.45, 2.75) is 44.7 Å². The average Bonchev–Trinajstić information content (AvgIpc) is 3.59. The predicted octanol–water partition coefficient (Wildman–Crippen LogP) is 3.15. The Kier molecular flexibility index (Phi) is 4.83. The smallest absolute Gasteiger partial charge is 0.407 e. The Morgan fingerprint density at radius 2 is 2.19 bits per heavy atom. The average molecular weight is 368 g/mol. The van der Waals surface area contributed by atoms with Gasteiger partial charge in [0.1, 0.15) is 0 Å². The maximum absolute atomic E-state index is 12.5. The third-order valence-electron chi connectivity index (χ3n) is 5.03. The van der Waals surface area contributed by atoms with Crippen molar-refractivity contribution < 1.29 is 14.3 Å². The van der Waals surface area contributed by atoms with E-state index in [9.17, 15) is 9.59 Å². The molecule has 2 atom stereocenters. The number of ether oxygens (including phenoxy) is 1. The van der Waals surface area contributed by atoms with Crippen molar-refractivity contribution in [2.24, 2.45) is 5.92 Å². The van der Waals surface area contributed by atoms with Gasteiger partial charge in [0.15, 0.2) is 0 Å². The van der Waals surface area contributed by atoms with Gasteiger partial charge < -0.3 is 15.4 Å².